The van der Waals surface area contributed by atoms with Crippen LogP contribution in [0.2, 0.25) is 0 Å². The first kappa shape index (κ1) is 14.1. The SMILES string of the molecule is O=C(/C=C/c1ccc2c(c1)CCO2)N[C@H]1CCS(=O)(=O)C1. The Bertz CT molecular complexity index is 694. The third-order valence-corrected chi connectivity index (χ3v) is 5.49. The zero-order chi connectivity index (χ0) is 14.9. The molecule has 0 saturated carbocycles. The Kier molecular flexibility index (Phi) is 3.71. The molecule has 2 aliphatic rings. The lowest BCUT2D eigenvalue weighted by Gasteiger charge is -2.07. The van der Waals surface area contributed by atoms with Crippen LogP contribution in [0.4, 0.5) is 0 Å². The molecule has 0 aromatic heterocycles. The second-order valence-corrected chi connectivity index (χ2v) is 7.64. The van der Waals surface area contributed by atoms with Crippen LogP contribution in [0.5, 0.6) is 5.75 Å². The van der Waals surface area contributed by atoms with Gasteiger partial charge >= 0.3 is 0 Å². The van der Waals surface area contributed by atoms with Gasteiger partial charge in [0.15, 0.2) is 9.84 Å². The number of carbonyl (C=O) groups is 1. The Morgan fingerprint density at radius 1 is 1.38 bits per heavy atom. The van der Waals surface area contributed by atoms with Crippen LogP contribution in [0.25, 0.3) is 6.08 Å². The second kappa shape index (κ2) is 5.52. The summed E-state index contributed by atoms with van der Waals surface area (Å²) in [5.41, 5.74) is 2.09. The number of hydrogen-bond donors (Lipinski definition) is 1. The molecule has 1 saturated heterocycles. The fraction of sp³-hybridized carbons (Fsp3) is 0.400. The van der Waals surface area contributed by atoms with Gasteiger partial charge in [0.25, 0.3) is 0 Å². The largest absolute Gasteiger partial charge is 0.493 e. The number of carbonyl (C=O) groups excluding carboxylic acids is 1. The Hall–Kier alpha value is -1.82. The summed E-state index contributed by atoms with van der Waals surface area (Å²) in [4.78, 5) is 11.8. The van der Waals surface area contributed by atoms with Crippen molar-refractivity contribution in [1.82, 2.24) is 5.32 Å². The number of fused-ring (bicyclic) bond motifs is 1. The van der Waals surface area contributed by atoms with Crippen molar-refractivity contribution >= 4 is 21.8 Å². The van der Waals surface area contributed by atoms with E-state index in [2.05, 4.69) is 5.32 Å². The van der Waals surface area contributed by atoms with Crippen LogP contribution in [-0.2, 0) is 21.1 Å². The standard InChI is InChI=1S/C15H17NO4S/c17-15(16-13-6-8-21(18,19)10-13)4-2-11-1-3-14-12(9-11)5-7-20-14/h1-4,9,13H,5-8,10H2,(H,16,17)/b4-2+/t13-/m0/s1. The van der Waals surface area contributed by atoms with Crippen LogP contribution >= 0.6 is 0 Å². The second-order valence-electron chi connectivity index (χ2n) is 5.41. The average molecular weight is 307 g/mol. The molecule has 1 N–H and O–H groups in total. The van der Waals surface area contributed by atoms with Gasteiger partial charge in [-0.3, -0.25) is 4.79 Å². The molecular weight excluding hydrogens is 290 g/mol. The van der Waals surface area contributed by atoms with Gasteiger partial charge in [-0.05, 0) is 35.8 Å². The fourth-order valence-electron chi connectivity index (χ4n) is 2.64. The van der Waals surface area contributed by atoms with Crippen LogP contribution < -0.4 is 10.1 Å². The lowest BCUT2D eigenvalue weighted by atomic mass is 10.1. The number of amides is 1. The molecule has 5 nitrogen and oxygen atoms in total. The minimum Gasteiger partial charge on any atom is -0.493 e. The highest BCUT2D eigenvalue weighted by Gasteiger charge is 2.28. The van der Waals surface area contributed by atoms with Gasteiger partial charge in [0, 0.05) is 18.5 Å². The first-order valence-electron chi connectivity index (χ1n) is 6.97. The van der Waals surface area contributed by atoms with Crippen molar-refractivity contribution in [2.45, 2.75) is 18.9 Å². The first-order chi connectivity index (χ1) is 10.0. The zero-order valence-electron chi connectivity index (χ0n) is 11.5. The number of hydrogen-bond acceptors (Lipinski definition) is 4. The first-order valence-corrected chi connectivity index (χ1v) is 8.79. The van der Waals surface area contributed by atoms with E-state index in [1.165, 1.54) is 6.08 Å². The molecule has 0 bridgehead atoms. The van der Waals surface area contributed by atoms with E-state index in [4.69, 9.17) is 4.74 Å². The summed E-state index contributed by atoms with van der Waals surface area (Å²) in [5.74, 6) is 0.858. The number of benzene rings is 1. The van der Waals surface area contributed by atoms with Gasteiger partial charge in [0.05, 0.1) is 18.1 Å². The van der Waals surface area contributed by atoms with Gasteiger partial charge in [-0.15, -0.1) is 0 Å². The van der Waals surface area contributed by atoms with E-state index in [1.807, 2.05) is 18.2 Å². The molecule has 2 aliphatic heterocycles. The molecule has 21 heavy (non-hydrogen) atoms. The number of nitrogens with one attached hydrogen (secondary N) is 1. The quantitative estimate of drug-likeness (QED) is 0.844. The van der Waals surface area contributed by atoms with E-state index >= 15 is 0 Å². The predicted octanol–water partition coefficient (Wildman–Crippen LogP) is 0.938. The molecule has 1 fully saturated rings. The molecule has 0 radical (unpaired) electrons. The highest BCUT2D eigenvalue weighted by atomic mass is 32.2. The number of rotatable bonds is 3. The predicted molar refractivity (Wildman–Crippen MR) is 79.9 cm³/mol. The molecule has 1 amide bonds. The molecule has 0 spiro atoms. The monoisotopic (exact) mass is 307 g/mol. The Balaban J connectivity index is 1.60. The third-order valence-electron chi connectivity index (χ3n) is 3.72. The van der Waals surface area contributed by atoms with Crippen LogP contribution in [0.3, 0.4) is 0 Å². The highest BCUT2D eigenvalue weighted by Crippen LogP contribution is 2.26. The summed E-state index contributed by atoms with van der Waals surface area (Å²) in [6, 6.07) is 5.55. The molecule has 0 unspecified atom stereocenters. The van der Waals surface area contributed by atoms with E-state index in [1.54, 1.807) is 6.08 Å². The molecule has 6 heteroatoms. The minimum atomic E-state index is -2.97. The molecule has 0 aliphatic carbocycles. The van der Waals surface area contributed by atoms with E-state index in [0.717, 1.165) is 23.3 Å². The van der Waals surface area contributed by atoms with Gasteiger partial charge in [0.1, 0.15) is 5.75 Å². The molecular formula is C15H17NO4S. The Labute approximate surface area is 123 Å². The maximum Gasteiger partial charge on any atom is 0.244 e. The highest BCUT2D eigenvalue weighted by molar-refractivity contribution is 7.91. The van der Waals surface area contributed by atoms with Gasteiger partial charge in [-0.1, -0.05) is 6.07 Å². The van der Waals surface area contributed by atoms with Gasteiger partial charge < -0.3 is 10.1 Å². The average Bonchev–Trinajstić information content (AvgIpc) is 3.02. The Morgan fingerprint density at radius 2 is 2.24 bits per heavy atom. The summed E-state index contributed by atoms with van der Waals surface area (Å²) >= 11 is 0. The molecule has 112 valence electrons. The number of ether oxygens (including phenoxy) is 1. The van der Waals surface area contributed by atoms with Crippen molar-refractivity contribution in [2.24, 2.45) is 0 Å². The smallest absolute Gasteiger partial charge is 0.244 e. The van der Waals surface area contributed by atoms with Crippen LogP contribution in [0, 0.1) is 0 Å². The van der Waals surface area contributed by atoms with E-state index in [9.17, 15) is 13.2 Å². The van der Waals surface area contributed by atoms with Gasteiger partial charge in [-0.25, -0.2) is 8.42 Å². The lowest BCUT2D eigenvalue weighted by molar-refractivity contribution is -0.116. The maximum absolute atomic E-state index is 11.8. The van der Waals surface area contributed by atoms with Crippen molar-refractivity contribution in [3.63, 3.8) is 0 Å². The van der Waals surface area contributed by atoms with Gasteiger partial charge in [0.2, 0.25) is 5.91 Å². The summed E-state index contributed by atoms with van der Waals surface area (Å²) in [6.07, 6.45) is 4.57. The molecule has 3 rings (SSSR count). The Morgan fingerprint density at radius 3 is 3.00 bits per heavy atom. The fourth-order valence-corrected chi connectivity index (χ4v) is 4.31. The lowest BCUT2D eigenvalue weighted by Crippen LogP contribution is -2.34. The van der Waals surface area contributed by atoms with Crippen molar-refractivity contribution < 1.29 is 17.9 Å². The normalized spacial score (nSPS) is 23.0. The third kappa shape index (κ3) is 3.44. The minimum absolute atomic E-state index is 0.0444. The topological polar surface area (TPSA) is 72.5 Å². The number of sulfone groups is 1. The zero-order valence-corrected chi connectivity index (χ0v) is 12.4. The van der Waals surface area contributed by atoms with Crippen molar-refractivity contribution in [1.29, 1.82) is 0 Å². The van der Waals surface area contributed by atoms with E-state index in [-0.39, 0.29) is 23.5 Å². The maximum atomic E-state index is 11.8. The molecule has 2 heterocycles. The van der Waals surface area contributed by atoms with Gasteiger partial charge in [-0.2, -0.15) is 0 Å². The molecule has 1 aromatic rings. The van der Waals surface area contributed by atoms with Crippen LogP contribution in [0.1, 0.15) is 17.5 Å². The van der Waals surface area contributed by atoms with Crippen LogP contribution in [-0.4, -0.2) is 38.5 Å². The summed E-state index contributed by atoms with van der Waals surface area (Å²) in [6.45, 7) is 0.707. The summed E-state index contributed by atoms with van der Waals surface area (Å²) in [5, 5.41) is 2.73. The molecule has 1 aromatic carbocycles. The summed E-state index contributed by atoms with van der Waals surface area (Å²) < 4.78 is 28.1. The summed E-state index contributed by atoms with van der Waals surface area (Å²) in [7, 11) is -2.97. The van der Waals surface area contributed by atoms with E-state index < -0.39 is 9.84 Å². The van der Waals surface area contributed by atoms with Crippen molar-refractivity contribution in [2.75, 3.05) is 18.1 Å². The van der Waals surface area contributed by atoms with Crippen LogP contribution in [0.15, 0.2) is 24.3 Å². The van der Waals surface area contributed by atoms with Crippen molar-refractivity contribution in [3.8, 4) is 5.75 Å². The van der Waals surface area contributed by atoms with Crippen molar-refractivity contribution in [3.05, 3.63) is 35.4 Å². The molecule has 1 atom stereocenters. The van der Waals surface area contributed by atoms with E-state index in [0.29, 0.717) is 13.0 Å².